The molecule has 2 aromatic rings. The summed E-state index contributed by atoms with van der Waals surface area (Å²) < 4.78 is 43.8. The van der Waals surface area contributed by atoms with E-state index in [-0.39, 0.29) is 30.5 Å². The fraction of sp³-hybridized carbons (Fsp3) is 0.500. The summed E-state index contributed by atoms with van der Waals surface area (Å²) in [4.78, 5) is 28.2. The van der Waals surface area contributed by atoms with Crippen molar-refractivity contribution in [3.05, 3.63) is 82.9 Å². The molecule has 7 nitrogen and oxygen atoms in total. The fourth-order valence-electron chi connectivity index (χ4n) is 6.00. The second kappa shape index (κ2) is 16.1. The molecule has 1 N–H and O–H groups in total. The number of hydrogen-bond acceptors (Lipinski definition) is 5. The highest BCUT2D eigenvalue weighted by Gasteiger charge is 2.44. The third-order valence-corrected chi connectivity index (χ3v) is 8.30. The molecule has 2 aliphatic rings. The lowest BCUT2D eigenvalue weighted by Crippen LogP contribution is -2.50. The van der Waals surface area contributed by atoms with Gasteiger partial charge in [0, 0.05) is 19.8 Å². The Morgan fingerprint density at radius 1 is 1.19 bits per heavy atom. The Morgan fingerprint density at radius 3 is 2.40 bits per heavy atom. The molecule has 256 valence electrons. The molecule has 1 fully saturated rings. The molecule has 0 saturated heterocycles. The molecule has 4 rings (SSSR count). The Kier molecular flexibility index (Phi) is 12.7. The van der Waals surface area contributed by atoms with Crippen molar-refractivity contribution < 1.29 is 29.3 Å². The number of amides is 2. The highest BCUT2D eigenvalue weighted by Crippen LogP contribution is 2.44. The molecule has 0 bridgehead atoms. The molecule has 1 heterocycles. The molecule has 2 aromatic carbocycles. The molecule has 2 unspecified atom stereocenters. The Balaban J connectivity index is 0.00000262. The van der Waals surface area contributed by atoms with Gasteiger partial charge in [0.2, 0.25) is 5.91 Å². The minimum atomic E-state index is -2.21. The highest BCUT2D eigenvalue weighted by atomic mass is 19.1. The number of anilines is 1. The summed E-state index contributed by atoms with van der Waals surface area (Å²) >= 11 is 0. The SMILES string of the molecule is C=C(O/C(=C\C)CC1CCCCC1)c1cc2c(cc1F)C(C)(F)CC(NC(=O)OC(C)(C)C)C(=O)N2Cc1ccc(C#N)cc1.CC.[HH]. The van der Waals surface area contributed by atoms with E-state index in [9.17, 15) is 14.9 Å². The van der Waals surface area contributed by atoms with Gasteiger partial charge >= 0.3 is 6.09 Å². The van der Waals surface area contributed by atoms with E-state index in [1.807, 2.05) is 26.8 Å². The predicted octanol–water partition coefficient (Wildman–Crippen LogP) is 9.85. The number of alkyl halides is 1. The van der Waals surface area contributed by atoms with Crippen LogP contribution in [0.15, 0.2) is 54.8 Å². The van der Waals surface area contributed by atoms with Crippen molar-refractivity contribution in [2.24, 2.45) is 5.92 Å². The van der Waals surface area contributed by atoms with E-state index in [1.165, 1.54) is 37.2 Å². The smallest absolute Gasteiger partial charge is 0.408 e. The Bertz CT molecular complexity index is 1500. The van der Waals surface area contributed by atoms with Crippen molar-refractivity contribution in [2.45, 2.75) is 117 Å². The number of fused-ring (bicyclic) bond motifs is 1. The quantitative estimate of drug-likeness (QED) is 0.287. The zero-order valence-electron chi connectivity index (χ0n) is 28.8. The Labute approximate surface area is 280 Å². The number of ether oxygens (including phenoxy) is 2. The fourth-order valence-corrected chi connectivity index (χ4v) is 6.00. The van der Waals surface area contributed by atoms with Gasteiger partial charge < -0.3 is 19.7 Å². The molecule has 2 atom stereocenters. The average molecular weight is 652 g/mol. The van der Waals surface area contributed by atoms with Gasteiger partial charge in [-0.15, -0.1) is 0 Å². The summed E-state index contributed by atoms with van der Waals surface area (Å²) in [5.41, 5.74) is -1.86. The van der Waals surface area contributed by atoms with Crippen LogP contribution in [0.25, 0.3) is 5.76 Å². The first-order valence-electron chi connectivity index (χ1n) is 16.6. The molecule has 0 radical (unpaired) electrons. The lowest BCUT2D eigenvalue weighted by molar-refractivity contribution is -0.121. The van der Waals surface area contributed by atoms with Crippen molar-refractivity contribution in [3.63, 3.8) is 0 Å². The lowest BCUT2D eigenvalue weighted by Gasteiger charge is -2.28. The van der Waals surface area contributed by atoms with Gasteiger partial charge in [0.1, 0.15) is 34.6 Å². The normalized spacial score (nSPS) is 20.2. The number of nitrogens with one attached hydrogen (secondary N) is 1. The van der Waals surface area contributed by atoms with E-state index in [0.29, 0.717) is 29.2 Å². The number of benzene rings is 2. The van der Waals surface area contributed by atoms with Crippen molar-refractivity contribution in [1.29, 1.82) is 5.26 Å². The lowest BCUT2D eigenvalue weighted by atomic mass is 9.86. The number of hydrogen-bond donors (Lipinski definition) is 1. The van der Waals surface area contributed by atoms with Crippen LogP contribution in [0.5, 0.6) is 0 Å². The summed E-state index contributed by atoms with van der Waals surface area (Å²) in [6.45, 7) is 16.2. The second-order valence-corrected chi connectivity index (χ2v) is 13.2. The highest BCUT2D eigenvalue weighted by molar-refractivity contribution is 6.00. The monoisotopic (exact) mass is 651 g/mol. The van der Waals surface area contributed by atoms with Crippen molar-refractivity contribution in [1.82, 2.24) is 5.32 Å². The van der Waals surface area contributed by atoms with Gasteiger partial charge in [-0.1, -0.05) is 64.7 Å². The first-order valence-corrected chi connectivity index (χ1v) is 16.6. The summed E-state index contributed by atoms with van der Waals surface area (Å²) in [7, 11) is 0. The maximum absolute atomic E-state index is 16.5. The van der Waals surface area contributed by atoms with Gasteiger partial charge in [0.25, 0.3) is 0 Å². The predicted molar refractivity (Wildman–Crippen MR) is 184 cm³/mol. The number of nitriles is 1. The standard InChI is InChI=1S/C36H43F2N3O4.C2H6.H2/c1-7-27(17-24-11-9-8-10-12-24)44-23(2)28-18-32-29(19-30(28)37)36(6,38)20-31(40-34(43)45-35(3,4)5)33(42)41(32)22-26-15-13-25(21-39)14-16-26;1-2;/h7,13-16,18-19,24,31H,2,8-12,17,20,22H2,1,3-6H3,(H,40,43);1-2H3;1H/b27-7-;;. The van der Waals surface area contributed by atoms with Crippen LogP contribution in [-0.4, -0.2) is 23.6 Å². The molecule has 0 spiro atoms. The number of halogens is 2. The third-order valence-electron chi connectivity index (χ3n) is 8.30. The molecule has 1 aliphatic heterocycles. The molecule has 9 heteroatoms. The van der Waals surface area contributed by atoms with Crippen LogP contribution in [0.4, 0.5) is 19.3 Å². The maximum atomic E-state index is 16.5. The molecule has 47 heavy (non-hydrogen) atoms. The number of alkyl carbamates (subject to hydrolysis) is 1. The molecule has 2 amide bonds. The average Bonchev–Trinajstić information content (AvgIpc) is 3.09. The van der Waals surface area contributed by atoms with Crippen LogP contribution in [-0.2, 0) is 26.5 Å². The second-order valence-electron chi connectivity index (χ2n) is 13.2. The Morgan fingerprint density at radius 2 is 1.83 bits per heavy atom. The first-order chi connectivity index (χ1) is 22.2. The van der Waals surface area contributed by atoms with E-state index in [4.69, 9.17) is 9.47 Å². The van der Waals surface area contributed by atoms with Crippen molar-refractivity contribution >= 4 is 23.4 Å². The maximum Gasteiger partial charge on any atom is 0.408 e. The largest absolute Gasteiger partial charge is 0.462 e. The molecule has 1 saturated carbocycles. The van der Waals surface area contributed by atoms with E-state index in [0.717, 1.165) is 18.9 Å². The molecular weight excluding hydrogens is 600 g/mol. The van der Waals surface area contributed by atoms with E-state index in [1.54, 1.807) is 45.0 Å². The molecule has 1 aliphatic carbocycles. The van der Waals surface area contributed by atoms with Gasteiger partial charge in [-0.3, -0.25) is 4.79 Å². The van der Waals surface area contributed by atoms with Gasteiger partial charge in [-0.25, -0.2) is 13.6 Å². The van der Waals surface area contributed by atoms with Crippen LogP contribution in [0.3, 0.4) is 0 Å². The first kappa shape index (κ1) is 37.3. The minimum Gasteiger partial charge on any atom is -0.462 e. The topological polar surface area (TPSA) is 91.7 Å². The zero-order chi connectivity index (χ0) is 34.9. The van der Waals surface area contributed by atoms with E-state index >= 15 is 8.78 Å². The number of nitrogens with zero attached hydrogens (tertiary/aromatic N) is 2. The minimum absolute atomic E-state index is 0. The molecular formula is C38H51F2N3O4. The van der Waals surface area contributed by atoms with Gasteiger partial charge in [0.05, 0.1) is 29.4 Å². The summed E-state index contributed by atoms with van der Waals surface area (Å²) in [5, 5.41) is 11.8. The van der Waals surface area contributed by atoms with Crippen LogP contribution < -0.4 is 10.2 Å². The number of carbonyl (C=O) groups is 2. The van der Waals surface area contributed by atoms with Gasteiger partial charge in [-0.05, 0) is 76.4 Å². The van der Waals surface area contributed by atoms with Crippen LogP contribution in [0.2, 0.25) is 0 Å². The number of rotatable bonds is 8. The Hall–Kier alpha value is -4.19. The van der Waals surface area contributed by atoms with E-state index < -0.39 is 41.6 Å². The third kappa shape index (κ3) is 9.90. The number of carbonyl (C=O) groups excluding carboxylic acids is 2. The van der Waals surface area contributed by atoms with E-state index in [2.05, 4.69) is 18.0 Å². The zero-order valence-corrected chi connectivity index (χ0v) is 28.8. The van der Waals surface area contributed by atoms with Crippen molar-refractivity contribution in [2.75, 3.05) is 4.90 Å². The van der Waals surface area contributed by atoms with Gasteiger partial charge in [0.15, 0.2) is 0 Å². The van der Waals surface area contributed by atoms with Crippen molar-refractivity contribution in [3.8, 4) is 6.07 Å². The van der Waals surface area contributed by atoms with Crippen LogP contribution in [0.1, 0.15) is 117 Å². The summed E-state index contributed by atoms with van der Waals surface area (Å²) in [6, 6.07) is 9.85. The van der Waals surface area contributed by atoms with Crippen LogP contribution >= 0.6 is 0 Å². The van der Waals surface area contributed by atoms with Crippen LogP contribution in [0, 0.1) is 23.1 Å². The van der Waals surface area contributed by atoms with Gasteiger partial charge in [-0.2, -0.15) is 5.26 Å². The molecule has 0 aromatic heterocycles. The number of allylic oxidation sites excluding steroid dienone is 2. The summed E-state index contributed by atoms with van der Waals surface area (Å²) in [5.74, 6) is -0.109. The summed E-state index contributed by atoms with van der Waals surface area (Å²) in [6.07, 6.45) is 7.07.